The molecule has 0 bridgehead atoms. The Hall–Kier alpha value is -2.06. The summed E-state index contributed by atoms with van der Waals surface area (Å²) in [5, 5.41) is 22.1. The molecule has 5 nitrogen and oxygen atoms in total. The number of benzene rings is 1. The molecular weight excluding hydrogens is 302 g/mol. The third kappa shape index (κ3) is 3.25. The lowest BCUT2D eigenvalue weighted by atomic mass is 9.89. The van der Waals surface area contributed by atoms with E-state index in [1.807, 2.05) is 31.2 Å². The van der Waals surface area contributed by atoms with Gasteiger partial charge in [-0.25, -0.2) is 0 Å². The van der Waals surface area contributed by atoms with Gasteiger partial charge in [-0.1, -0.05) is 6.92 Å². The van der Waals surface area contributed by atoms with Crippen LogP contribution in [0.3, 0.4) is 0 Å². The molecule has 3 rings (SSSR count). The van der Waals surface area contributed by atoms with Gasteiger partial charge in [0.05, 0.1) is 12.2 Å². The normalized spacial score (nSPS) is 27.7. The number of amides is 1. The molecule has 1 aliphatic carbocycles. The third-order valence-electron chi connectivity index (χ3n) is 5.54. The molecule has 0 radical (unpaired) electrons. The van der Waals surface area contributed by atoms with Crippen molar-refractivity contribution in [2.45, 2.75) is 50.7 Å². The minimum absolute atomic E-state index is 0.175. The molecular formula is C19H25N3O2. The maximum absolute atomic E-state index is 12.5. The topological polar surface area (TPSA) is 76.4 Å². The fourth-order valence-electron chi connectivity index (χ4n) is 3.78. The Morgan fingerprint density at radius 3 is 2.50 bits per heavy atom. The molecule has 2 aliphatic rings. The van der Waals surface area contributed by atoms with Crippen LogP contribution in [0, 0.1) is 17.2 Å². The Morgan fingerprint density at radius 1 is 1.29 bits per heavy atom. The van der Waals surface area contributed by atoms with Crippen LogP contribution in [0.4, 0.5) is 5.69 Å². The molecule has 2 fully saturated rings. The standard InChI is InChI=1S/C19H25N3O2/c1-14-3-2-10-19(14,13-20)21-18(24)15-4-6-16(7-5-15)22-11-8-17(23)9-12-22/h4-7,14,17,23H,2-3,8-12H2,1H3,(H,21,24). The van der Waals surface area contributed by atoms with Gasteiger partial charge < -0.3 is 15.3 Å². The van der Waals surface area contributed by atoms with Crippen LogP contribution in [-0.4, -0.2) is 35.7 Å². The minimum atomic E-state index is -0.723. The summed E-state index contributed by atoms with van der Waals surface area (Å²) < 4.78 is 0. The van der Waals surface area contributed by atoms with E-state index in [2.05, 4.69) is 16.3 Å². The van der Waals surface area contributed by atoms with E-state index in [9.17, 15) is 15.2 Å². The van der Waals surface area contributed by atoms with E-state index in [1.165, 1.54) is 0 Å². The molecule has 1 saturated carbocycles. The number of aliphatic hydroxyl groups is 1. The lowest BCUT2D eigenvalue weighted by molar-refractivity contribution is 0.0906. The summed E-state index contributed by atoms with van der Waals surface area (Å²) in [5.74, 6) is 0.0106. The summed E-state index contributed by atoms with van der Waals surface area (Å²) >= 11 is 0. The Labute approximate surface area is 143 Å². The van der Waals surface area contributed by atoms with Gasteiger partial charge in [0.2, 0.25) is 0 Å². The van der Waals surface area contributed by atoms with Gasteiger partial charge in [0.15, 0.2) is 0 Å². The predicted octanol–water partition coefficient (Wildman–Crippen LogP) is 2.46. The summed E-state index contributed by atoms with van der Waals surface area (Å²) in [6, 6.07) is 9.87. The third-order valence-corrected chi connectivity index (χ3v) is 5.54. The van der Waals surface area contributed by atoms with E-state index >= 15 is 0 Å². The monoisotopic (exact) mass is 327 g/mol. The maximum atomic E-state index is 12.5. The van der Waals surface area contributed by atoms with Crippen LogP contribution >= 0.6 is 0 Å². The Kier molecular flexibility index (Phi) is 4.77. The van der Waals surface area contributed by atoms with Crippen molar-refractivity contribution >= 4 is 11.6 Å². The fourth-order valence-corrected chi connectivity index (χ4v) is 3.78. The SMILES string of the molecule is CC1CCCC1(C#N)NC(=O)c1ccc(N2CCC(O)CC2)cc1. The van der Waals surface area contributed by atoms with Gasteiger partial charge in [-0.15, -0.1) is 0 Å². The zero-order chi connectivity index (χ0) is 17.2. The van der Waals surface area contributed by atoms with Crippen molar-refractivity contribution < 1.29 is 9.90 Å². The number of carbonyl (C=O) groups excluding carboxylic acids is 1. The lowest BCUT2D eigenvalue weighted by Crippen LogP contribution is -2.49. The van der Waals surface area contributed by atoms with Crippen molar-refractivity contribution in [3.05, 3.63) is 29.8 Å². The molecule has 1 saturated heterocycles. The van der Waals surface area contributed by atoms with Crippen LogP contribution in [0.1, 0.15) is 49.4 Å². The number of hydrogen-bond donors (Lipinski definition) is 2. The van der Waals surface area contributed by atoms with Crippen molar-refractivity contribution in [3.63, 3.8) is 0 Å². The molecule has 1 aliphatic heterocycles. The van der Waals surface area contributed by atoms with Crippen molar-refractivity contribution in [1.82, 2.24) is 5.32 Å². The Bertz CT molecular complexity index is 629. The summed E-state index contributed by atoms with van der Waals surface area (Å²) in [6.07, 6.45) is 4.06. The summed E-state index contributed by atoms with van der Waals surface area (Å²) in [6.45, 7) is 3.70. The number of carbonyl (C=O) groups is 1. The molecule has 1 heterocycles. The number of nitrogens with zero attached hydrogens (tertiary/aromatic N) is 2. The van der Waals surface area contributed by atoms with E-state index in [0.29, 0.717) is 5.56 Å². The number of anilines is 1. The second kappa shape index (κ2) is 6.82. The molecule has 1 aromatic rings. The first-order chi connectivity index (χ1) is 11.5. The van der Waals surface area contributed by atoms with Gasteiger partial charge in [-0.05, 0) is 62.3 Å². The van der Waals surface area contributed by atoms with Crippen molar-refractivity contribution in [1.29, 1.82) is 5.26 Å². The van der Waals surface area contributed by atoms with E-state index < -0.39 is 5.54 Å². The second-order valence-electron chi connectivity index (χ2n) is 7.10. The van der Waals surface area contributed by atoms with E-state index in [0.717, 1.165) is 50.9 Å². The number of piperidine rings is 1. The summed E-state index contributed by atoms with van der Waals surface area (Å²) in [7, 11) is 0. The second-order valence-corrected chi connectivity index (χ2v) is 7.10. The van der Waals surface area contributed by atoms with Crippen LogP contribution in [0.5, 0.6) is 0 Å². The highest BCUT2D eigenvalue weighted by atomic mass is 16.3. The molecule has 1 aromatic carbocycles. The quantitative estimate of drug-likeness (QED) is 0.894. The van der Waals surface area contributed by atoms with Gasteiger partial charge in [0.25, 0.3) is 5.91 Å². The largest absolute Gasteiger partial charge is 0.393 e. The average molecular weight is 327 g/mol. The van der Waals surface area contributed by atoms with Gasteiger partial charge in [0, 0.05) is 24.3 Å². The smallest absolute Gasteiger partial charge is 0.252 e. The number of nitriles is 1. The van der Waals surface area contributed by atoms with Gasteiger partial charge in [-0.3, -0.25) is 4.79 Å². The highest BCUT2D eigenvalue weighted by molar-refractivity contribution is 5.95. The van der Waals surface area contributed by atoms with Crippen LogP contribution < -0.4 is 10.2 Å². The molecule has 2 unspecified atom stereocenters. The molecule has 2 atom stereocenters. The first-order valence-corrected chi connectivity index (χ1v) is 8.81. The zero-order valence-corrected chi connectivity index (χ0v) is 14.2. The van der Waals surface area contributed by atoms with Crippen LogP contribution in [0.25, 0.3) is 0 Å². The van der Waals surface area contributed by atoms with Crippen molar-refractivity contribution in [3.8, 4) is 6.07 Å². The molecule has 0 spiro atoms. The lowest BCUT2D eigenvalue weighted by Gasteiger charge is -2.31. The summed E-state index contributed by atoms with van der Waals surface area (Å²) in [4.78, 5) is 14.8. The number of nitrogens with one attached hydrogen (secondary N) is 1. The first-order valence-electron chi connectivity index (χ1n) is 8.81. The molecule has 5 heteroatoms. The number of rotatable bonds is 3. The van der Waals surface area contributed by atoms with Crippen molar-refractivity contribution in [2.24, 2.45) is 5.92 Å². The van der Waals surface area contributed by atoms with Gasteiger partial charge >= 0.3 is 0 Å². The maximum Gasteiger partial charge on any atom is 0.252 e. The van der Waals surface area contributed by atoms with Gasteiger partial charge in [0.1, 0.15) is 5.54 Å². The number of aliphatic hydroxyl groups excluding tert-OH is 1. The number of hydrogen-bond acceptors (Lipinski definition) is 4. The van der Waals surface area contributed by atoms with Crippen LogP contribution in [0.15, 0.2) is 24.3 Å². The highest BCUT2D eigenvalue weighted by Gasteiger charge is 2.42. The molecule has 128 valence electrons. The van der Waals surface area contributed by atoms with Gasteiger partial charge in [-0.2, -0.15) is 5.26 Å². The van der Waals surface area contributed by atoms with E-state index in [4.69, 9.17) is 0 Å². The summed E-state index contributed by atoms with van der Waals surface area (Å²) in [5.41, 5.74) is 0.936. The molecule has 1 amide bonds. The fraction of sp³-hybridized carbons (Fsp3) is 0.579. The predicted molar refractivity (Wildman–Crippen MR) is 92.7 cm³/mol. The highest BCUT2D eigenvalue weighted by Crippen LogP contribution is 2.35. The minimum Gasteiger partial charge on any atom is -0.393 e. The molecule has 24 heavy (non-hydrogen) atoms. The average Bonchev–Trinajstić information content (AvgIpc) is 2.96. The van der Waals surface area contributed by atoms with Crippen LogP contribution in [-0.2, 0) is 0 Å². The zero-order valence-electron chi connectivity index (χ0n) is 14.2. The molecule has 2 N–H and O–H groups in total. The van der Waals surface area contributed by atoms with E-state index in [-0.39, 0.29) is 17.9 Å². The first kappa shape index (κ1) is 16.8. The molecule has 0 aromatic heterocycles. The van der Waals surface area contributed by atoms with E-state index in [1.54, 1.807) is 0 Å². The van der Waals surface area contributed by atoms with Crippen molar-refractivity contribution in [2.75, 3.05) is 18.0 Å². The Morgan fingerprint density at radius 2 is 1.96 bits per heavy atom. The van der Waals surface area contributed by atoms with Crippen LogP contribution in [0.2, 0.25) is 0 Å². The Balaban J connectivity index is 1.67.